The van der Waals surface area contributed by atoms with Crippen molar-refractivity contribution in [2.75, 3.05) is 19.6 Å². The third-order valence-corrected chi connectivity index (χ3v) is 5.69. The third kappa shape index (κ3) is 5.56. The van der Waals surface area contributed by atoms with E-state index < -0.39 is 10.0 Å². The van der Waals surface area contributed by atoms with Gasteiger partial charge >= 0.3 is 0 Å². The van der Waals surface area contributed by atoms with Gasteiger partial charge in [-0.1, -0.05) is 0 Å². The highest BCUT2D eigenvalue weighted by atomic mass is 32.2. The quantitative estimate of drug-likeness (QED) is 0.771. The molecule has 21 heavy (non-hydrogen) atoms. The molecule has 2 aliphatic rings. The van der Waals surface area contributed by atoms with Gasteiger partial charge in [0.2, 0.25) is 15.9 Å². The van der Waals surface area contributed by atoms with Crippen molar-refractivity contribution >= 4 is 15.9 Å². The minimum Gasteiger partial charge on any atom is -0.350 e. The minimum atomic E-state index is -3.14. The normalized spacial score (nSPS) is 24.8. The summed E-state index contributed by atoms with van der Waals surface area (Å²) in [4.78, 5) is 14.0. The summed E-state index contributed by atoms with van der Waals surface area (Å²) < 4.78 is 26.7. The van der Waals surface area contributed by atoms with Crippen LogP contribution in [-0.2, 0) is 14.8 Å². The lowest BCUT2D eigenvalue weighted by Crippen LogP contribution is -2.52. The first-order valence-corrected chi connectivity index (χ1v) is 9.25. The summed E-state index contributed by atoms with van der Waals surface area (Å²) in [7, 11) is -3.14. The summed E-state index contributed by atoms with van der Waals surface area (Å²) in [6.45, 7) is 7.65. The van der Waals surface area contributed by atoms with Crippen LogP contribution < -0.4 is 10.0 Å². The van der Waals surface area contributed by atoms with Gasteiger partial charge < -0.3 is 5.32 Å². The van der Waals surface area contributed by atoms with Crippen molar-refractivity contribution in [2.45, 2.75) is 63.3 Å². The molecule has 0 aromatic heterocycles. The second kappa shape index (κ2) is 6.22. The van der Waals surface area contributed by atoms with Gasteiger partial charge in [0.1, 0.15) is 0 Å². The lowest BCUT2D eigenvalue weighted by molar-refractivity contribution is -0.123. The highest BCUT2D eigenvalue weighted by molar-refractivity contribution is 7.90. The first-order chi connectivity index (χ1) is 9.66. The third-order valence-electron chi connectivity index (χ3n) is 3.68. The van der Waals surface area contributed by atoms with Crippen LogP contribution in [-0.4, -0.2) is 55.7 Å². The number of piperidine rings is 1. The molecule has 7 heteroatoms. The standard InChI is InChI=1S/C14H27N3O3S/c1-14(2,3)15-13(18)10-17-8-4-5-11(9-17)16-21(19,20)12-6-7-12/h11-12,16H,4-10H2,1-3H3,(H,15,18). The summed E-state index contributed by atoms with van der Waals surface area (Å²) in [6, 6.07) is -0.0632. The average Bonchev–Trinajstić information content (AvgIpc) is 3.09. The van der Waals surface area contributed by atoms with Crippen molar-refractivity contribution in [3.63, 3.8) is 0 Å². The van der Waals surface area contributed by atoms with E-state index in [0.717, 1.165) is 32.2 Å². The first kappa shape index (κ1) is 16.7. The summed E-state index contributed by atoms with van der Waals surface area (Å²) in [6.07, 6.45) is 3.32. The molecule has 1 aliphatic heterocycles. The van der Waals surface area contributed by atoms with E-state index in [2.05, 4.69) is 10.0 Å². The van der Waals surface area contributed by atoms with Crippen LogP contribution in [0.15, 0.2) is 0 Å². The molecule has 122 valence electrons. The van der Waals surface area contributed by atoms with Crippen LogP contribution in [0.5, 0.6) is 0 Å². The van der Waals surface area contributed by atoms with Crippen molar-refractivity contribution in [3.05, 3.63) is 0 Å². The molecule has 0 bridgehead atoms. The molecular formula is C14H27N3O3S. The maximum absolute atomic E-state index is 12.0. The summed E-state index contributed by atoms with van der Waals surface area (Å²) in [5.74, 6) is -0.00630. The smallest absolute Gasteiger partial charge is 0.234 e. The second-order valence-electron chi connectivity index (χ2n) is 7.23. The van der Waals surface area contributed by atoms with Gasteiger partial charge in [0.15, 0.2) is 0 Å². The van der Waals surface area contributed by atoms with Crippen molar-refractivity contribution < 1.29 is 13.2 Å². The number of hydrogen-bond acceptors (Lipinski definition) is 4. The number of nitrogens with one attached hydrogen (secondary N) is 2. The van der Waals surface area contributed by atoms with E-state index in [1.165, 1.54) is 0 Å². The van der Waals surface area contributed by atoms with Gasteiger partial charge in [0.05, 0.1) is 11.8 Å². The van der Waals surface area contributed by atoms with Crippen LogP contribution in [0.1, 0.15) is 46.5 Å². The van der Waals surface area contributed by atoms with Gasteiger partial charge in [-0.25, -0.2) is 13.1 Å². The fourth-order valence-corrected chi connectivity index (χ4v) is 4.27. The number of carbonyl (C=O) groups is 1. The lowest BCUT2D eigenvalue weighted by atomic mass is 10.1. The SMILES string of the molecule is CC(C)(C)NC(=O)CN1CCCC(NS(=O)(=O)C2CC2)C1. The Balaban J connectivity index is 1.82. The molecule has 1 heterocycles. The van der Waals surface area contributed by atoms with Crippen LogP contribution in [0.2, 0.25) is 0 Å². The molecule has 2 rings (SSSR count). The predicted molar refractivity (Wildman–Crippen MR) is 82.4 cm³/mol. The van der Waals surface area contributed by atoms with Crippen molar-refractivity contribution in [1.82, 2.24) is 14.9 Å². The molecule has 1 aliphatic carbocycles. The van der Waals surface area contributed by atoms with Crippen LogP contribution >= 0.6 is 0 Å². The van der Waals surface area contributed by atoms with Crippen molar-refractivity contribution in [2.24, 2.45) is 0 Å². The molecule has 1 saturated carbocycles. The Morgan fingerprint density at radius 1 is 1.24 bits per heavy atom. The van der Waals surface area contributed by atoms with Crippen LogP contribution in [0.25, 0.3) is 0 Å². The van der Waals surface area contributed by atoms with E-state index in [0.29, 0.717) is 13.1 Å². The summed E-state index contributed by atoms with van der Waals surface area (Å²) >= 11 is 0. The van der Waals surface area contributed by atoms with E-state index >= 15 is 0 Å². The summed E-state index contributed by atoms with van der Waals surface area (Å²) in [5.41, 5.74) is -0.236. The second-order valence-corrected chi connectivity index (χ2v) is 9.23. The van der Waals surface area contributed by atoms with Crippen LogP contribution in [0.4, 0.5) is 0 Å². The first-order valence-electron chi connectivity index (χ1n) is 7.70. The maximum Gasteiger partial charge on any atom is 0.234 e. The minimum absolute atomic E-state index is 0.00630. The number of amides is 1. The molecule has 0 aromatic carbocycles. The predicted octanol–water partition coefficient (Wildman–Crippen LogP) is 0.447. The fourth-order valence-electron chi connectivity index (χ4n) is 2.66. The van der Waals surface area contributed by atoms with Crippen molar-refractivity contribution in [1.29, 1.82) is 0 Å². The topological polar surface area (TPSA) is 78.5 Å². The van der Waals surface area contributed by atoms with Gasteiger partial charge in [0, 0.05) is 18.1 Å². The van der Waals surface area contributed by atoms with Crippen LogP contribution in [0.3, 0.4) is 0 Å². The number of carbonyl (C=O) groups excluding carboxylic acids is 1. The van der Waals surface area contributed by atoms with Crippen LogP contribution in [0, 0.1) is 0 Å². The van der Waals surface area contributed by atoms with Crippen molar-refractivity contribution in [3.8, 4) is 0 Å². The van der Waals surface area contributed by atoms with E-state index in [1.807, 2.05) is 25.7 Å². The summed E-state index contributed by atoms with van der Waals surface area (Å²) in [5, 5.41) is 2.76. The molecule has 0 spiro atoms. The highest BCUT2D eigenvalue weighted by Crippen LogP contribution is 2.28. The Morgan fingerprint density at radius 3 is 2.48 bits per heavy atom. The molecule has 2 fully saturated rings. The molecule has 1 saturated heterocycles. The van der Waals surface area contributed by atoms with E-state index in [9.17, 15) is 13.2 Å². The molecule has 2 N–H and O–H groups in total. The zero-order valence-electron chi connectivity index (χ0n) is 13.2. The molecule has 1 amide bonds. The van der Waals surface area contributed by atoms with Gasteiger partial charge in [-0.3, -0.25) is 9.69 Å². The monoisotopic (exact) mass is 317 g/mol. The fraction of sp³-hybridized carbons (Fsp3) is 0.929. The zero-order valence-corrected chi connectivity index (χ0v) is 14.0. The Bertz CT molecular complexity index is 480. The Kier molecular flexibility index (Phi) is 4.95. The van der Waals surface area contributed by atoms with Gasteiger partial charge in [0.25, 0.3) is 0 Å². The maximum atomic E-state index is 12.0. The van der Waals surface area contributed by atoms with Gasteiger partial charge in [-0.2, -0.15) is 0 Å². The average molecular weight is 317 g/mol. The Morgan fingerprint density at radius 2 is 1.90 bits per heavy atom. The molecule has 0 radical (unpaired) electrons. The van der Waals surface area contributed by atoms with E-state index in [1.54, 1.807) is 0 Å². The van der Waals surface area contributed by atoms with E-state index in [4.69, 9.17) is 0 Å². The molecule has 1 atom stereocenters. The zero-order chi connectivity index (χ0) is 15.7. The number of hydrogen-bond donors (Lipinski definition) is 2. The number of likely N-dealkylation sites (tertiary alicyclic amines) is 1. The number of sulfonamides is 1. The van der Waals surface area contributed by atoms with E-state index in [-0.39, 0.29) is 22.7 Å². The molecular weight excluding hydrogens is 290 g/mol. The number of nitrogens with zero attached hydrogens (tertiary/aromatic N) is 1. The molecule has 6 nitrogen and oxygen atoms in total. The largest absolute Gasteiger partial charge is 0.350 e. The molecule has 0 aromatic rings. The Hall–Kier alpha value is -0.660. The number of rotatable bonds is 5. The lowest BCUT2D eigenvalue weighted by Gasteiger charge is -2.33. The Labute approximate surface area is 127 Å². The van der Waals surface area contributed by atoms with Gasteiger partial charge in [-0.05, 0) is 53.0 Å². The molecule has 1 unspecified atom stereocenters. The van der Waals surface area contributed by atoms with Gasteiger partial charge in [-0.15, -0.1) is 0 Å². The highest BCUT2D eigenvalue weighted by Gasteiger charge is 2.37.